The Hall–Kier alpha value is -0.970. The van der Waals surface area contributed by atoms with Crippen molar-refractivity contribution in [2.45, 2.75) is 12.3 Å². The average Bonchev–Trinajstić information content (AvgIpc) is 2.25. The van der Waals surface area contributed by atoms with Crippen molar-refractivity contribution < 1.29 is 0 Å². The minimum atomic E-state index is 0.525. The predicted octanol–water partition coefficient (Wildman–Crippen LogP) is 2.39. The Morgan fingerprint density at radius 1 is 1.36 bits per heavy atom. The second kappa shape index (κ2) is 6.48. The molecule has 0 unspecified atom stereocenters. The second-order valence-electron chi connectivity index (χ2n) is 2.95. The first kappa shape index (κ1) is 11.1. The van der Waals surface area contributed by atoms with Crippen molar-refractivity contribution in [2.75, 3.05) is 13.6 Å². The zero-order valence-electron chi connectivity index (χ0n) is 8.31. The van der Waals surface area contributed by atoms with E-state index in [2.05, 4.69) is 17.2 Å². The van der Waals surface area contributed by atoms with Gasteiger partial charge < -0.3 is 5.32 Å². The Labute approximate surface area is 90.5 Å². The summed E-state index contributed by atoms with van der Waals surface area (Å²) in [6.07, 6.45) is 0.868. The van der Waals surface area contributed by atoms with Gasteiger partial charge in [-0.2, -0.15) is 0 Å². The van der Waals surface area contributed by atoms with Crippen molar-refractivity contribution in [2.24, 2.45) is 0 Å². The lowest BCUT2D eigenvalue weighted by molar-refractivity contribution is 0.818. The van der Waals surface area contributed by atoms with Gasteiger partial charge in [-0.25, -0.2) is 0 Å². The molecule has 0 heterocycles. The fraction of sp³-hybridized carbons (Fsp3) is 0.333. The SMILES string of the molecule is CNCCC#Cc1ccccc1CCl. The first-order valence-electron chi connectivity index (χ1n) is 4.66. The number of halogens is 1. The van der Waals surface area contributed by atoms with Gasteiger partial charge in [-0.05, 0) is 18.7 Å². The predicted molar refractivity (Wildman–Crippen MR) is 61.4 cm³/mol. The molecule has 0 atom stereocenters. The van der Waals surface area contributed by atoms with Crippen LogP contribution in [-0.4, -0.2) is 13.6 Å². The van der Waals surface area contributed by atoms with Gasteiger partial charge in [0.15, 0.2) is 0 Å². The van der Waals surface area contributed by atoms with Crippen LogP contribution < -0.4 is 5.32 Å². The maximum atomic E-state index is 5.79. The van der Waals surface area contributed by atoms with Crippen molar-refractivity contribution in [3.05, 3.63) is 35.4 Å². The lowest BCUT2D eigenvalue weighted by atomic mass is 10.1. The number of hydrogen-bond acceptors (Lipinski definition) is 1. The number of hydrogen-bond donors (Lipinski definition) is 1. The van der Waals surface area contributed by atoms with Gasteiger partial charge in [-0.1, -0.05) is 30.0 Å². The first-order chi connectivity index (χ1) is 6.88. The lowest BCUT2D eigenvalue weighted by Gasteiger charge is -1.97. The van der Waals surface area contributed by atoms with Gasteiger partial charge in [0.2, 0.25) is 0 Å². The monoisotopic (exact) mass is 207 g/mol. The molecule has 1 N–H and O–H groups in total. The van der Waals surface area contributed by atoms with Crippen LogP contribution in [0.4, 0.5) is 0 Å². The van der Waals surface area contributed by atoms with E-state index in [4.69, 9.17) is 11.6 Å². The molecule has 0 bridgehead atoms. The molecule has 74 valence electrons. The van der Waals surface area contributed by atoms with Gasteiger partial charge in [0.1, 0.15) is 0 Å². The molecule has 1 rings (SSSR count). The summed E-state index contributed by atoms with van der Waals surface area (Å²) in [7, 11) is 1.92. The molecule has 14 heavy (non-hydrogen) atoms. The second-order valence-corrected chi connectivity index (χ2v) is 3.21. The van der Waals surface area contributed by atoms with E-state index in [0.29, 0.717) is 5.88 Å². The fourth-order valence-corrected chi connectivity index (χ4v) is 1.34. The smallest absolute Gasteiger partial charge is 0.0486 e. The van der Waals surface area contributed by atoms with Crippen molar-refractivity contribution in [1.29, 1.82) is 0 Å². The summed E-state index contributed by atoms with van der Waals surface area (Å²) in [5, 5.41) is 3.05. The molecule has 1 aromatic rings. The van der Waals surface area contributed by atoms with E-state index in [-0.39, 0.29) is 0 Å². The maximum absolute atomic E-state index is 5.79. The van der Waals surface area contributed by atoms with E-state index in [1.165, 1.54) is 0 Å². The minimum absolute atomic E-state index is 0.525. The Morgan fingerprint density at radius 3 is 2.86 bits per heavy atom. The van der Waals surface area contributed by atoms with Gasteiger partial charge in [0.25, 0.3) is 0 Å². The molecule has 0 saturated carbocycles. The van der Waals surface area contributed by atoms with Crippen LogP contribution in [0.1, 0.15) is 17.5 Å². The number of nitrogens with one attached hydrogen (secondary N) is 1. The van der Waals surface area contributed by atoms with Crippen molar-refractivity contribution >= 4 is 11.6 Å². The zero-order valence-corrected chi connectivity index (χ0v) is 9.06. The highest BCUT2D eigenvalue weighted by atomic mass is 35.5. The summed E-state index contributed by atoms with van der Waals surface area (Å²) in [6, 6.07) is 7.98. The molecule has 0 aliphatic rings. The topological polar surface area (TPSA) is 12.0 Å². The third kappa shape index (κ3) is 3.41. The molecule has 0 aromatic heterocycles. The highest BCUT2D eigenvalue weighted by Gasteiger charge is 1.94. The quantitative estimate of drug-likeness (QED) is 0.456. The molecular formula is C12H14ClN. The maximum Gasteiger partial charge on any atom is 0.0486 e. The van der Waals surface area contributed by atoms with E-state index in [0.717, 1.165) is 24.1 Å². The number of alkyl halides is 1. The summed E-state index contributed by atoms with van der Waals surface area (Å²) in [5.41, 5.74) is 2.14. The number of benzene rings is 1. The van der Waals surface area contributed by atoms with Gasteiger partial charge >= 0.3 is 0 Å². The fourth-order valence-electron chi connectivity index (χ4n) is 1.10. The van der Waals surface area contributed by atoms with Crippen LogP contribution in [0.2, 0.25) is 0 Å². The van der Waals surface area contributed by atoms with Crippen LogP contribution in [0.25, 0.3) is 0 Å². The normalized spacial score (nSPS) is 9.29. The summed E-state index contributed by atoms with van der Waals surface area (Å²) in [6.45, 7) is 0.927. The Morgan fingerprint density at radius 2 is 2.14 bits per heavy atom. The first-order valence-corrected chi connectivity index (χ1v) is 5.19. The summed E-state index contributed by atoms with van der Waals surface area (Å²) in [5.74, 6) is 6.76. The molecular weight excluding hydrogens is 194 g/mol. The molecule has 2 heteroatoms. The summed E-state index contributed by atoms with van der Waals surface area (Å²) < 4.78 is 0. The standard InChI is InChI=1S/C12H14ClN/c1-14-9-5-4-7-11-6-2-3-8-12(11)10-13/h2-3,6,8,14H,5,9-10H2,1H3. The zero-order chi connectivity index (χ0) is 10.2. The molecule has 0 saturated heterocycles. The van der Waals surface area contributed by atoms with Crippen molar-refractivity contribution in [1.82, 2.24) is 5.32 Å². The van der Waals surface area contributed by atoms with Crippen LogP contribution in [0.3, 0.4) is 0 Å². The Balaban J connectivity index is 2.68. The molecule has 0 fully saturated rings. The lowest BCUT2D eigenvalue weighted by Crippen LogP contribution is -2.05. The molecule has 1 aromatic carbocycles. The van der Waals surface area contributed by atoms with Crippen LogP contribution in [0.15, 0.2) is 24.3 Å². The van der Waals surface area contributed by atoms with E-state index < -0.39 is 0 Å². The van der Waals surface area contributed by atoms with Gasteiger partial charge in [-0.3, -0.25) is 0 Å². The van der Waals surface area contributed by atoms with Crippen LogP contribution in [0, 0.1) is 11.8 Å². The van der Waals surface area contributed by atoms with E-state index in [1.807, 2.05) is 31.3 Å². The van der Waals surface area contributed by atoms with Crippen LogP contribution >= 0.6 is 11.6 Å². The van der Waals surface area contributed by atoms with Crippen molar-refractivity contribution in [3.63, 3.8) is 0 Å². The van der Waals surface area contributed by atoms with E-state index >= 15 is 0 Å². The highest BCUT2D eigenvalue weighted by molar-refractivity contribution is 6.17. The molecule has 1 nitrogen and oxygen atoms in total. The van der Waals surface area contributed by atoms with E-state index in [1.54, 1.807) is 0 Å². The highest BCUT2D eigenvalue weighted by Crippen LogP contribution is 2.09. The Kier molecular flexibility index (Phi) is 5.14. The van der Waals surface area contributed by atoms with Gasteiger partial charge in [-0.15, -0.1) is 11.6 Å². The molecule has 0 amide bonds. The molecule has 0 aliphatic carbocycles. The van der Waals surface area contributed by atoms with Gasteiger partial charge in [0, 0.05) is 24.4 Å². The van der Waals surface area contributed by atoms with Gasteiger partial charge in [0.05, 0.1) is 0 Å². The summed E-state index contributed by atoms with van der Waals surface area (Å²) >= 11 is 5.79. The Bertz CT molecular complexity index is 336. The third-order valence-electron chi connectivity index (χ3n) is 1.88. The molecule has 0 radical (unpaired) electrons. The van der Waals surface area contributed by atoms with Crippen molar-refractivity contribution in [3.8, 4) is 11.8 Å². The van der Waals surface area contributed by atoms with E-state index in [9.17, 15) is 0 Å². The molecule has 0 spiro atoms. The van der Waals surface area contributed by atoms with Crippen LogP contribution in [-0.2, 0) is 5.88 Å². The minimum Gasteiger partial charge on any atom is -0.319 e. The summed E-state index contributed by atoms with van der Waals surface area (Å²) in [4.78, 5) is 0. The average molecular weight is 208 g/mol. The molecule has 0 aliphatic heterocycles. The number of rotatable bonds is 3. The van der Waals surface area contributed by atoms with Crippen LogP contribution in [0.5, 0.6) is 0 Å². The third-order valence-corrected chi connectivity index (χ3v) is 2.17. The largest absolute Gasteiger partial charge is 0.319 e.